The molecule has 0 saturated heterocycles. The second-order valence-corrected chi connectivity index (χ2v) is 7.31. The van der Waals surface area contributed by atoms with Crippen LogP contribution in [0.1, 0.15) is 26.7 Å². The SMILES string of the molecule is CC1CCC(NS(=O)(=O)c2cc(N)ccc2[N+](=O)[O-])C1C. The lowest BCUT2D eigenvalue weighted by molar-refractivity contribution is -0.387. The van der Waals surface area contributed by atoms with Gasteiger partial charge in [-0.15, -0.1) is 0 Å². The van der Waals surface area contributed by atoms with E-state index in [0.29, 0.717) is 5.92 Å². The maximum absolute atomic E-state index is 12.4. The molecule has 3 unspecified atom stereocenters. The van der Waals surface area contributed by atoms with Crippen molar-refractivity contribution < 1.29 is 13.3 Å². The molecule has 0 spiro atoms. The number of nitrogen functional groups attached to an aromatic ring is 1. The molecule has 1 aliphatic carbocycles. The van der Waals surface area contributed by atoms with Gasteiger partial charge in [-0.05, 0) is 36.8 Å². The number of benzene rings is 1. The Hall–Kier alpha value is -1.67. The molecular weight excluding hydrogens is 294 g/mol. The molecule has 1 aliphatic rings. The van der Waals surface area contributed by atoms with Gasteiger partial charge in [0.25, 0.3) is 5.69 Å². The molecule has 2 rings (SSSR count). The molecule has 0 aliphatic heterocycles. The molecule has 7 nitrogen and oxygen atoms in total. The number of anilines is 1. The third-order valence-corrected chi connectivity index (χ3v) is 5.76. The molecule has 0 bridgehead atoms. The Morgan fingerprint density at radius 2 is 2.00 bits per heavy atom. The number of nitro groups is 1. The Kier molecular flexibility index (Phi) is 4.20. The Morgan fingerprint density at radius 1 is 1.33 bits per heavy atom. The molecule has 1 aromatic carbocycles. The number of sulfonamides is 1. The summed E-state index contributed by atoms with van der Waals surface area (Å²) in [5, 5.41) is 11.0. The van der Waals surface area contributed by atoms with Crippen molar-refractivity contribution in [3.63, 3.8) is 0 Å². The predicted octanol–water partition coefficient (Wildman–Crippen LogP) is 1.89. The normalized spacial score (nSPS) is 25.9. The van der Waals surface area contributed by atoms with E-state index in [2.05, 4.69) is 11.6 Å². The van der Waals surface area contributed by atoms with Crippen molar-refractivity contribution in [3.8, 4) is 0 Å². The van der Waals surface area contributed by atoms with Crippen molar-refractivity contribution in [2.75, 3.05) is 5.73 Å². The molecule has 0 aromatic heterocycles. The summed E-state index contributed by atoms with van der Waals surface area (Å²) in [7, 11) is -3.97. The summed E-state index contributed by atoms with van der Waals surface area (Å²) in [6, 6.07) is 3.36. The zero-order chi connectivity index (χ0) is 15.8. The van der Waals surface area contributed by atoms with E-state index >= 15 is 0 Å². The quantitative estimate of drug-likeness (QED) is 0.500. The average Bonchev–Trinajstić information content (AvgIpc) is 2.70. The first-order valence-corrected chi connectivity index (χ1v) is 8.27. The van der Waals surface area contributed by atoms with Crippen molar-refractivity contribution in [2.45, 2.75) is 37.6 Å². The Balaban J connectivity index is 2.36. The Morgan fingerprint density at radius 3 is 2.52 bits per heavy atom. The second-order valence-electron chi connectivity index (χ2n) is 5.63. The van der Waals surface area contributed by atoms with Gasteiger partial charge in [-0.3, -0.25) is 10.1 Å². The minimum atomic E-state index is -3.97. The summed E-state index contributed by atoms with van der Waals surface area (Å²) in [5.41, 5.74) is 5.28. The van der Waals surface area contributed by atoms with Crippen molar-refractivity contribution in [1.82, 2.24) is 4.72 Å². The van der Waals surface area contributed by atoms with Gasteiger partial charge in [0.1, 0.15) is 0 Å². The number of nitro benzene ring substituents is 1. The number of nitrogens with zero attached hydrogens (tertiary/aromatic N) is 1. The van der Waals surface area contributed by atoms with E-state index in [0.717, 1.165) is 25.0 Å². The zero-order valence-electron chi connectivity index (χ0n) is 11.9. The Labute approximate surface area is 123 Å². The van der Waals surface area contributed by atoms with Crippen LogP contribution in [0, 0.1) is 22.0 Å². The highest BCUT2D eigenvalue weighted by Crippen LogP contribution is 2.33. The summed E-state index contributed by atoms with van der Waals surface area (Å²) in [5.74, 6) is 0.619. The van der Waals surface area contributed by atoms with E-state index in [4.69, 9.17) is 5.73 Å². The minimum Gasteiger partial charge on any atom is -0.399 e. The lowest BCUT2D eigenvalue weighted by atomic mass is 9.98. The zero-order valence-corrected chi connectivity index (χ0v) is 12.8. The van der Waals surface area contributed by atoms with Crippen LogP contribution >= 0.6 is 0 Å². The van der Waals surface area contributed by atoms with Gasteiger partial charge in [0.05, 0.1) is 4.92 Å². The van der Waals surface area contributed by atoms with E-state index < -0.39 is 20.6 Å². The fourth-order valence-electron chi connectivity index (χ4n) is 2.69. The topological polar surface area (TPSA) is 115 Å². The Bertz CT molecular complexity index is 659. The fraction of sp³-hybridized carbons (Fsp3) is 0.538. The van der Waals surface area contributed by atoms with E-state index in [1.165, 1.54) is 6.07 Å². The predicted molar refractivity (Wildman–Crippen MR) is 79.2 cm³/mol. The van der Waals surface area contributed by atoms with E-state index in [9.17, 15) is 18.5 Å². The molecule has 0 radical (unpaired) electrons. The molecule has 1 saturated carbocycles. The maximum atomic E-state index is 12.4. The van der Waals surface area contributed by atoms with Crippen LogP contribution in [0.2, 0.25) is 0 Å². The van der Waals surface area contributed by atoms with Crippen LogP contribution in [0.25, 0.3) is 0 Å². The van der Waals surface area contributed by atoms with E-state index in [1.807, 2.05) is 6.92 Å². The standard InChI is InChI=1S/C13H19N3O4S/c1-8-3-5-11(9(8)2)15-21(19,20)13-7-10(14)4-6-12(13)16(17)18/h4,6-9,11,15H,3,5,14H2,1-2H3. The summed E-state index contributed by atoms with van der Waals surface area (Å²) in [6.07, 6.45) is 1.67. The molecule has 8 heteroatoms. The molecule has 1 aromatic rings. The first kappa shape index (κ1) is 15.7. The lowest BCUT2D eigenvalue weighted by Gasteiger charge is -2.19. The number of rotatable bonds is 4. The third-order valence-electron chi connectivity index (χ3n) is 4.24. The van der Waals surface area contributed by atoms with Crippen LogP contribution < -0.4 is 10.5 Å². The van der Waals surface area contributed by atoms with Gasteiger partial charge in [0.15, 0.2) is 4.90 Å². The highest BCUT2D eigenvalue weighted by Gasteiger charge is 2.35. The number of hydrogen-bond acceptors (Lipinski definition) is 5. The maximum Gasteiger partial charge on any atom is 0.289 e. The van der Waals surface area contributed by atoms with Crippen LogP contribution in [0.5, 0.6) is 0 Å². The molecule has 116 valence electrons. The van der Waals surface area contributed by atoms with Gasteiger partial charge in [-0.1, -0.05) is 13.8 Å². The van der Waals surface area contributed by atoms with E-state index in [1.54, 1.807) is 0 Å². The van der Waals surface area contributed by atoms with Gasteiger partial charge in [-0.25, -0.2) is 13.1 Å². The van der Waals surface area contributed by atoms with Crippen LogP contribution in [-0.2, 0) is 10.0 Å². The first-order valence-electron chi connectivity index (χ1n) is 6.78. The fourth-order valence-corrected chi connectivity index (χ4v) is 4.26. The summed E-state index contributed by atoms with van der Waals surface area (Å²) >= 11 is 0. The van der Waals surface area contributed by atoms with Crippen molar-refractivity contribution in [1.29, 1.82) is 0 Å². The third kappa shape index (κ3) is 3.16. The highest BCUT2D eigenvalue weighted by molar-refractivity contribution is 7.89. The van der Waals surface area contributed by atoms with Crippen LogP contribution in [0.3, 0.4) is 0 Å². The minimum absolute atomic E-state index is 0.175. The average molecular weight is 313 g/mol. The van der Waals surface area contributed by atoms with Crippen LogP contribution in [0.15, 0.2) is 23.1 Å². The number of nitrogens with two attached hydrogens (primary N) is 1. The van der Waals surface area contributed by atoms with Gasteiger partial charge in [-0.2, -0.15) is 0 Å². The smallest absolute Gasteiger partial charge is 0.289 e. The number of hydrogen-bond donors (Lipinski definition) is 2. The molecule has 0 heterocycles. The van der Waals surface area contributed by atoms with Gasteiger partial charge in [0, 0.05) is 17.8 Å². The monoisotopic (exact) mass is 313 g/mol. The molecule has 1 fully saturated rings. The first-order chi connectivity index (χ1) is 9.72. The molecule has 21 heavy (non-hydrogen) atoms. The van der Waals surface area contributed by atoms with E-state index in [-0.39, 0.29) is 22.5 Å². The summed E-state index contributed by atoms with van der Waals surface area (Å²) in [6.45, 7) is 4.06. The van der Waals surface area contributed by atoms with Crippen molar-refractivity contribution in [2.24, 2.45) is 11.8 Å². The molecular formula is C13H19N3O4S. The van der Waals surface area contributed by atoms with Crippen molar-refractivity contribution in [3.05, 3.63) is 28.3 Å². The van der Waals surface area contributed by atoms with Crippen LogP contribution in [0.4, 0.5) is 11.4 Å². The van der Waals surface area contributed by atoms with Gasteiger partial charge in [0.2, 0.25) is 10.0 Å². The largest absolute Gasteiger partial charge is 0.399 e. The highest BCUT2D eigenvalue weighted by atomic mass is 32.2. The van der Waals surface area contributed by atoms with Crippen molar-refractivity contribution >= 4 is 21.4 Å². The summed E-state index contributed by atoms with van der Waals surface area (Å²) in [4.78, 5) is 9.92. The number of nitrogens with one attached hydrogen (secondary N) is 1. The molecule has 3 atom stereocenters. The van der Waals surface area contributed by atoms with Gasteiger partial charge < -0.3 is 5.73 Å². The summed E-state index contributed by atoms with van der Waals surface area (Å²) < 4.78 is 27.5. The second kappa shape index (κ2) is 5.61. The molecule has 0 amide bonds. The lowest BCUT2D eigenvalue weighted by Crippen LogP contribution is -2.37. The molecule has 3 N–H and O–H groups in total. The van der Waals surface area contributed by atoms with Crippen LogP contribution in [-0.4, -0.2) is 19.4 Å². The van der Waals surface area contributed by atoms with Gasteiger partial charge >= 0.3 is 0 Å².